The quantitative estimate of drug-likeness (QED) is 0.381. The number of rotatable bonds is 7. The summed E-state index contributed by atoms with van der Waals surface area (Å²) in [6, 6.07) is 16.7. The Morgan fingerprint density at radius 3 is 1.93 bits per heavy atom. The third kappa shape index (κ3) is 6.16. The number of hydrogen-bond donors (Lipinski definition) is 3. The monoisotopic (exact) mass is 559 g/mol. The predicted octanol–water partition coefficient (Wildman–Crippen LogP) is 3.37. The van der Waals surface area contributed by atoms with Gasteiger partial charge in [0.25, 0.3) is 0 Å². The lowest BCUT2D eigenvalue weighted by molar-refractivity contribution is -0.133. The number of amides is 1. The van der Waals surface area contributed by atoms with E-state index in [1.54, 1.807) is 48.2 Å². The van der Waals surface area contributed by atoms with Crippen molar-refractivity contribution >= 4 is 17.5 Å². The van der Waals surface area contributed by atoms with Gasteiger partial charge in [-0.3, -0.25) is 19.3 Å². The Morgan fingerprint density at radius 1 is 0.854 bits per heavy atom. The Kier molecular flexibility index (Phi) is 8.46. The van der Waals surface area contributed by atoms with Crippen LogP contribution in [0.15, 0.2) is 66.7 Å². The summed E-state index contributed by atoms with van der Waals surface area (Å²) in [7, 11) is 0. The third-order valence-corrected chi connectivity index (χ3v) is 8.21. The van der Waals surface area contributed by atoms with Crippen LogP contribution in [-0.2, 0) is 4.79 Å². The number of carbonyl (C=O) groups excluding carboxylic acids is 3. The Balaban J connectivity index is 1.59. The molecule has 2 atom stereocenters. The minimum Gasteiger partial charge on any atom is -0.508 e. The summed E-state index contributed by atoms with van der Waals surface area (Å²) < 4.78 is 14.9. The molecule has 3 N–H and O–H groups in total. The van der Waals surface area contributed by atoms with Gasteiger partial charge in [-0.05, 0) is 48.4 Å². The largest absolute Gasteiger partial charge is 0.508 e. The number of benzene rings is 3. The smallest absolute Gasteiger partial charge is 0.236 e. The van der Waals surface area contributed by atoms with Crippen molar-refractivity contribution in [1.82, 2.24) is 15.1 Å². The van der Waals surface area contributed by atoms with Crippen molar-refractivity contribution in [2.75, 3.05) is 45.8 Å². The van der Waals surface area contributed by atoms with Crippen molar-refractivity contribution in [3.05, 3.63) is 94.8 Å². The molecule has 1 amide bonds. The average molecular weight is 560 g/mol. The highest BCUT2D eigenvalue weighted by Gasteiger charge is 2.46. The van der Waals surface area contributed by atoms with Gasteiger partial charge in [-0.15, -0.1) is 0 Å². The van der Waals surface area contributed by atoms with Gasteiger partial charge in [0.1, 0.15) is 17.3 Å². The second-order valence-electron chi connectivity index (χ2n) is 10.8. The van der Waals surface area contributed by atoms with Gasteiger partial charge in [0.2, 0.25) is 5.91 Å². The van der Waals surface area contributed by atoms with E-state index in [0.29, 0.717) is 37.3 Å². The summed E-state index contributed by atoms with van der Waals surface area (Å²) in [4.78, 5) is 45.2. The van der Waals surface area contributed by atoms with Gasteiger partial charge in [0.15, 0.2) is 11.6 Å². The second-order valence-corrected chi connectivity index (χ2v) is 10.8. The molecule has 0 aliphatic carbocycles. The molecule has 2 fully saturated rings. The molecule has 0 unspecified atom stereocenters. The van der Waals surface area contributed by atoms with Crippen LogP contribution in [0, 0.1) is 24.6 Å². The summed E-state index contributed by atoms with van der Waals surface area (Å²) in [5, 5.41) is 23.4. The lowest BCUT2D eigenvalue weighted by atomic mass is 9.67. The molecule has 2 aliphatic rings. The molecule has 41 heavy (non-hydrogen) atoms. The van der Waals surface area contributed by atoms with E-state index in [1.807, 2.05) is 4.90 Å². The van der Waals surface area contributed by atoms with E-state index in [0.717, 1.165) is 0 Å². The van der Waals surface area contributed by atoms with Crippen molar-refractivity contribution in [2.45, 2.75) is 12.8 Å². The molecule has 0 bridgehead atoms. The minimum atomic E-state index is -0.812. The molecule has 3 aromatic carbocycles. The van der Waals surface area contributed by atoms with Gasteiger partial charge in [-0.2, -0.15) is 0 Å². The number of Topliss-reactive ketones (excluding diaryl/α,β-unsaturated/α-hetero) is 2. The summed E-state index contributed by atoms with van der Waals surface area (Å²) in [5.41, 5.74) is 1.45. The first kappa shape index (κ1) is 28.4. The number of ketones is 2. The van der Waals surface area contributed by atoms with Crippen LogP contribution in [0.5, 0.6) is 11.5 Å². The van der Waals surface area contributed by atoms with Crippen molar-refractivity contribution in [2.24, 2.45) is 11.8 Å². The van der Waals surface area contributed by atoms with Crippen LogP contribution in [0.3, 0.4) is 0 Å². The van der Waals surface area contributed by atoms with Gasteiger partial charge < -0.3 is 20.4 Å². The molecule has 214 valence electrons. The number of aromatic hydroxyl groups is 2. The van der Waals surface area contributed by atoms with Gasteiger partial charge in [0, 0.05) is 68.1 Å². The molecular formula is C32H34FN3O5. The number of hydrogen-bond acceptors (Lipinski definition) is 7. The zero-order valence-corrected chi connectivity index (χ0v) is 22.9. The van der Waals surface area contributed by atoms with Crippen LogP contribution in [0.1, 0.15) is 37.8 Å². The number of nitrogens with one attached hydrogen (secondary N) is 1. The van der Waals surface area contributed by atoms with E-state index in [4.69, 9.17) is 0 Å². The lowest BCUT2D eigenvalue weighted by Crippen LogP contribution is -2.55. The van der Waals surface area contributed by atoms with Crippen molar-refractivity contribution < 1.29 is 29.0 Å². The van der Waals surface area contributed by atoms with Crippen LogP contribution in [-0.4, -0.2) is 83.3 Å². The lowest BCUT2D eigenvalue weighted by Gasteiger charge is -2.44. The molecule has 2 heterocycles. The fourth-order valence-corrected chi connectivity index (χ4v) is 6.13. The summed E-state index contributed by atoms with van der Waals surface area (Å²) >= 11 is 0. The van der Waals surface area contributed by atoms with E-state index >= 15 is 0 Å². The highest BCUT2D eigenvalue weighted by atomic mass is 19.1. The standard InChI is InChI=1S/C32H34FN3O5/c1-20-25(9-4-10-28(20)33)30-26(31(40)21-5-2-7-23(37)15-21)17-35(19-29(39)36-13-11-34-12-14-36)18-27(30)32(41)22-6-3-8-24(38)16-22/h2-10,15-16,26-27,30,34,37-38H,11-14,17-19H2,1H3/t26-,27-/m0/s1. The molecule has 2 aliphatic heterocycles. The third-order valence-electron chi connectivity index (χ3n) is 8.21. The Morgan fingerprint density at radius 2 is 1.39 bits per heavy atom. The van der Waals surface area contributed by atoms with E-state index in [1.165, 1.54) is 30.3 Å². The summed E-state index contributed by atoms with van der Waals surface area (Å²) in [6.07, 6.45) is 0. The first-order chi connectivity index (χ1) is 19.7. The molecule has 0 spiro atoms. The van der Waals surface area contributed by atoms with Gasteiger partial charge >= 0.3 is 0 Å². The topological polar surface area (TPSA) is 110 Å². The first-order valence-corrected chi connectivity index (χ1v) is 13.8. The number of nitrogens with zero attached hydrogens (tertiary/aromatic N) is 2. The van der Waals surface area contributed by atoms with Gasteiger partial charge in [-0.25, -0.2) is 4.39 Å². The highest BCUT2D eigenvalue weighted by Crippen LogP contribution is 2.42. The molecule has 9 heteroatoms. The molecule has 8 nitrogen and oxygen atoms in total. The molecule has 2 saturated heterocycles. The predicted molar refractivity (Wildman–Crippen MR) is 152 cm³/mol. The summed E-state index contributed by atoms with van der Waals surface area (Å²) in [6.45, 7) is 4.57. The summed E-state index contributed by atoms with van der Waals surface area (Å²) in [5.74, 6) is -3.59. The Hall–Kier alpha value is -4.08. The normalized spacial score (nSPS) is 20.1. The van der Waals surface area contributed by atoms with Gasteiger partial charge in [-0.1, -0.05) is 36.4 Å². The van der Waals surface area contributed by atoms with Crippen LogP contribution in [0.25, 0.3) is 0 Å². The maximum absolute atomic E-state index is 14.9. The maximum atomic E-state index is 14.9. The minimum absolute atomic E-state index is 0.0303. The maximum Gasteiger partial charge on any atom is 0.236 e. The number of piperidine rings is 1. The molecule has 3 aromatic rings. The van der Waals surface area contributed by atoms with E-state index in [2.05, 4.69) is 5.32 Å². The molecular weight excluding hydrogens is 525 g/mol. The average Bonchev–Trinajstić information content (AvgIpc) is 2.98. The van der Waals surface area contributed by atoms with Crippen molar-refractivity contribution in [1.29, 1.82) is 0 Å². The number of halogens is 1. The molecule has 0 radical (unpaired) electrons. The fraction of sp³-hybridized carbons (Fsp3) is 0.344. The highest BCUT2D eigenvalue weighted by molar-refractivity contribution is 6.02. The molecule has 0 saturated carbocycles. The SMILES string of the molecule is Cc1c(F)cccc1C1[C@@H](C(=O)c2cccc(O)c2)CN(CC(=O)N2CCNCC2)C[C@@H]1C(=O)c1cccc(O)c1. The number of likely N-dealkylation sites (tertiary alicyclic amines) is 1. The number of carbonyl (C=O) groups is 3. The number of phenols is 2. The number of phenolic OH excluding ortho intramolecular Hbond substituents is 2. The van der Waals surface area contributed by atoms with Gasteiger partial charge in [0.05, 0.1) is 6.54 Å². The van der Waals surface area contributed by atoms with E-state index in [9.17, 15) is 29.0 Å². The second kappa shape index (κ2) is 12.2. The Labute approximate surface area is 238 Å². The van der Waals surface area contributed by atoms with Crippen molar-refractivity contribution in [3.63, 3.8) is 0 Å². The molecule has 0 aromatic heterocycles. The molecule has 5 rings (SSSR count). The van der Waals surface area contributed by atoms with Crippen LogP contribution >= 0.6 is 0 Å². The van der Waals surface area contributed by atoms with Crippen LogP contribution in [0.2, 0.25) is 0 Å². The van der Waals surface area contributed by atoms with Crippen LogP contribution in [0.4, 0.5) is 4.39 Å². The Bertz CT molecular complexity index is 1390. The fourth-order valence-electron chi connectivity index (χ4n) is 6.13. The zero-order valence-electron chi connectivity index (χ0n) is 22.9. The number of piperazine rings is 1. The zero-order chi connectivity index (χ0) is 29.1. The van der Waals surface area contributed by atoms with Crippen LogP contribution < -0.4 is 5.32 Å². The van der Waals surface area contributed by atoms with E-state index in [-0.39, 0.29) is 59.7 Å². The van der Waals surface area contributed by atoms with Crippen molar-refractivity contribution in [3.8, 4) is 11.5 Å². The van der Waals surface area contributed by atoms with E-state index < -0.39 is 23.6 Å². The first-order valence-electron chi connectivity index (χ1n) is 13.8.